The van der Waals surface area contributed by atoms with Gasteiger partial charge in [0.15, 0.2) is 0 Å². The van der Waals surface area contributed by atoms with Crippen LogP contribution in [0.25, 0.3) is 0 Å². The van der Waals surface area contributed by atoms with Crippen molar-refractivity contribution in [2.45, 2.75) is 52.7 Å². The Morgan fingerprint density at radius 3 is 1.81 bits per heavy atom. The topological polar surface area (TPSA) is 103 Å². The second-order valence-corrected chi connectivity index (χ2v) is 6.85. The average molecular weight is 321 g/mol. The number of hydrazine groups is 2. The Bertz CT molecular complexity index is 399. The number of carbonyl (C=O) groups excluding carboxylic acids is 2. The normalized spacial score (nSPS) is 12.4. The van der Waals surface area contributed by atoms with E-state index >= 15 is 0 Å². The molecule has 0 saturated heterocycles. The van der Waals surface area contributed by atoms with Gasteiger partial charge in [-0.05, 0) is 59.6 Å². The molecule has 0 aromatic heterocycles. The Labute approximate surface area is 129 Å². The highest BCUT2D eigenvalue weighted by molar-refractivity contribution is 8.12. The lowest BCUT2D eigenvalue weighted by atomic mass is 10.2. The van der Waals surface area contributed by atoms with Crippen LogP contribution in [0.15, 0.2) is 0 Å². The number of rotatable bonds is 1. The summed E-state index contributed by atoms with van der Waals surface area (Å²) in [6.45, 7) is 10.5. The summed E-state index contributed by atoms with van der Waals surface area (Å²) in [6, 6.07) is 0. The minimum absolute atomic E-state index is 0.395. The maximum Gasteiger partial charge on any atom is 0.443 e. The van der Waals surface area contributed by atoms with E-state index in [1.807, 2.05) is 0 Å². The molecule has 0 rings (SSSR count). The molecule has 122 valence electrons. The van der Waals surface area contributed by atoms with Crippen LogP contribution in [-0.4, -0.2) is 34.8 Å². The molecule has 21 heavy (non-hydrogen) atoms. The maximum absolute atomic E-state index is 11.4. The molecule has 0 unspecified atom stereocenters. The second kappa shape index (κ2) is 7.96. The van der Waals surface area contributed by atoms with Crippen LogP contribution < -0.4 is 21.4 Å². The standard InChI is InChI=1S/C12H24N4O4S/c1-11(2,3)19-9(17)15-13-8(21-7)14-16-10(18)20-12(4,5)6/h1-7H3,(H,13,14)(H,15,17)(H,16,18)/p+1. The van der Waals surface area contributed by atoms with Crippen molar-refractivity contribution in [3.05, 3.63) is 0 Å². The van der Waals surface area contributed by atoms with Crippen LogP contribution >= 0.6 is 11.8 Å². The third-order valence-electron chi connectivity index (χ3n) is 1.56. The van der Waals surface area contributed by atoms with Crippen molar-refractivity contribution in [3.63, 3.8) is 0 Å². The Morgan fingerprint density at radius 1 is 0.905 bits per heavy atom. The van der Waals surface area contributed by atoms with Crippen molar-refractivity contribution < 1.29 is 24.2 Å². The van der Waals surface area contributed by atoms with Crippen LogP contribution in [0.1, 0.15) is 41.5 Å². The predicted molar refractivity (Wildman–Crippen MR) is 81.4 cm³/mol. The molecule has 9 heteroatoms. The van der Waals surface area contributed by atoms with E-state index < -0.39 is 23.4 Å². The SMILES string of the molecule is CS/C(NNC(=O)OC(C)(C)C)=[NH+]\NC(=O)OC(C)(C)C. The third-order valence-corrected chi connectivity index (χ3v) is 2.17. The van der Waals surface area contributed by atoms with Crippen molar-refractivity contribution in [2.24, 2.45) is 0 Å². The first-order valence-electron chi connectivity index (χ1n) is 6.34. The molecular weight excluding hydrogens is 296 g/mol. The lowest BCUT2D eigenvalue weighted by Crippen LogP contribution is -2.86. The van der Waals surface area contributed by atoms with Gasteiger partial charge in [-0.3, -0.25) is 0 Å². The van der Waals surface area contributed by atoms with E-state index in [9.17, 15) is 9.59 Å². The van der Waals surface area contributed by atoms with E-state index in [0.29, 0.717) is 5.17 Å². The Kier molecular flexibility index (Phi) is 7.34. The van der Waals surface area contributed by atoms with E-state index in [1.165, 1.54) is 11.8 Å². The monoisotopic (exact) mass is 321 g/mol. The van der Waals surface area contributed by atoms with Gasteiger partial charge in [0.2, 0.25) is 0 Å². The zero-order valence-electron chi connectivity index (χ0n) is 13.5. The van der Waals surface area contributed by atoms with E-state index in [1.54, 1.807) is 47.8 Å². The molecule has 0 saturated carbocycles. The lowest BCUT2D eigenvalue weighted by molar-refractivity contribution is -0.511. The smallest absolute Gasteiger partial charge is 0.442 e. The Morgan fingerprint density at radius 2 is 1.38 bits per heavy atom. The number of ether oxygens (including phenoxy) is 2. The summed E-state index contributed by atoms with van der Waals surface area (Å²) in [5, 5.41) is 2.98. The molecule has 8 nitrogen and oxygen atoms in total. The van der Waals surface area contributed by atoms with E-state index in [0.717, 1.165) is 0 Å². The highest BCUT2D eigenvalue weighted by atomic mass is 32.2. The van der Waals surface area contributed by atoms with Gasteiger partial charge in [0, 0.05) is 0 Å². The minimum atomic E-state index is -0.631. The molecule has 0 aliphatic carbocycles. The maximum atomic E-state index is 11.4. The number of thioether (sulfide) groups is 1. The second-order valence-electron chi connectivity index (χ2n) is 6.04. The molecule has 2 amide bonds. The fraction of sp³-hybridized carbons (Fsp3) is 0.750. The number of hydrazone groups is 1. The van der Waals surface area contributed by atoms with Crippen LogP contribution in [0.4, 0.5) is 9.59 Å². The summed E-state index contributed by atoms with van der Waals surface area (Å²) < 4.78 is 10.1. The number of amidine groups is 1. The molecule has 0 spiro atoms. The number of amides is 2. The molecule has 0 aromatic rings. The van der Waals surface area contributed by atoms with Gasteiger partial charge in [0.1, 0.15) is 11.2 Å². The molecular formula is C12H25N4O4S+. The molecule has 0 bridgehead atoms. The van der Waals surface area contributed by atoms with Crippen LogP contribution in [0.5, 0.6) is 0 Å². The zero-order chi connectivity index (χ0) is 16.7. The number of nitrogens with one attached hydrogen (secondary N) is 4. The van der Waals surface area contributed by atoms with E-state index in [-0.39, 0.29) is 0 Å². The first-order valence-corrected chi connectivity index (χ1v) is 7.56. The fourth-order valence-corrected chi connectivity index (χ4v) is 1.26. The van der Waals surface area contributed by atoms with Crippen molar-refractivity contribution >= 4 is 29.1 Å². The van der Waals surface area contributed by atoms with Crippen LogP contribution in [-0.2, 0) is 9.47 Å². The van der Waals surface area contributed by atoms with Gasteiger partial charge in [0.05, 0.1) is 0 Å². The van der Waals surface area contributed by atoms with Gasteiger partial charge in [-0.2, -0.15) is 21.4 Å². The largest absolute Gasteiger partial charge is 0.443 e. The average Bonchev–Trinajstić information content (AvgIpc) is 2.24. The molecule has 0 aliphatic rings. The van der Waals surface area contributed by atoms with Crippen LogP contribution in [0, 0.1) is 0 Å². The van der Waals surface area contributed by atoms with Gasteiger partial charge in [0.25, 0.3) is 0 Å². The van der Waals surface area contributed by atoms with E-state index in [4.69, 9.17) is 9.47 Å². The first-order chi connectivity index (χ1) is 9.43. The zero-order valence-corrected chi connectivity index (χ0v) is 14.4. The number of carbonyl (C=O) groups is 2. The summed E-state index contributed by atoms with van der Waals surface area (Å²) in [5.74, 6) is 0. The third kappa shape index (κ3) is 11.9. The Hall–Kier alpha value is -1.64. The summed E-state index contributed by atoms with van der Waals surface area (Å²) in [5.41, 5.74) is 6.08. The number of hydrogen-bond donors (Lipinski definition) is 4. The molecule has 0 fully saturated rings. The van der Waals surface area contributed by atoms with Gasteiger partial charge >= 0.3 is 17.4 Å². The summed E-state index contributed by atoms with van der Waals surface area (Å²) in [7, 11) is 0. The predicted octanol–water partition coefficient (Wildman–Crippen LogP) is 0.255. The molecule has 0 atom stereocenters. The Balaban J connectivity index is 4.30. The van der Waals surface area contributed by atoms with Gasteiger partial charge in [-0.15, -0.1) is 0 Å². The summed E-state index contributed by atoms with van der Waals surface area (Å²) >= 11 is 1.24. The van der Waals surface area contributed by atoms with Crippen molar-refractivity contribution in [3.8, 4) is 0 Å². The molecule has 4 N–H and O–H groups in total. The molecule has 0 aliphatic heterocycles. The highest BCUT2D eigenvalue weighted by Gasteiger charge is 2.19. The number of hydrogen-bond acceptors (Lipinski definition) is 5. The first kappa shape index (κ1) is 19.4. The van der Waals surface area contributed by atoms with Gasteiger partial charge in [-0.25, -0.2) is 9.59 Å². The molecule has 0 aromatic carbocycles. The molecule has 0 heterocycles. The van der Waals surface area contributed by atoms with Gasteiger partial charge < -0.3 is 9.47 Å². The van der Waals surface area contributed by atoms with Crippen molar-refractivity contribution in [1.82, 2.24) is 16.3 Å². The molecule has 0 radical (unpaired) electrons. The highest BCUT2D eigenvalue weighted by Crippen LogP contribution is 2.06. The quantitative estimate of drug-likeness (QED) is 0.314. The van der Waals surface area contributed by atoms with Crippen molar-refractivity contribution in [2.75, 3.05) is 6.26 Å². The van der Waals surface area contributed by atoms with Crippen LogP contribution in [0.2, 0.25) is 0 Å². The van der Waals surface area contributed by atoms with Crippen LogP contribution in [0.3, 0.4) is 0 Å². The minimum Gasteiger partial charge on any atom is -0.442 e. The van der Waals surface area contributed by atoms with Crippen molar-refractivity contribution in [1.29, 1.82) is 0 Å². The summed E-state index contributed by atoms with van der Waals surface area (Å²) in [4.78, 5) is 22.9. The van der Waals surface area contributed by atoms with Gasteiger partial charge in [-0.1, -0.05) is 0 Å². The van der Waals surface area contributed by atoms with E-state index in [2.05, 4.69) is 21.4 Å². The summed E-state index contributed by atoms with van der Waals surface area (Å²) in [6.07, 6.45) is 0.490. The lowest BCUT2D eigenvalue weighted by Gasteiger charge is -2.18. The fourth-order valence-electron chi connectivity index (χ4n) is 0.956.